The molecule has 6 nitrogen and oxygen atoms in total. The van der Waals surface area contributed by atoms with E-state index in [1.54, 1.807) is 6.20 Å². The van der Waals surface area contributed by atoms with E-state index in [1.165, 1.54) is 11.3 Å². The quantitative estimate of drug-likeness (QED) is 0.734. The molecule has 3 heterocycles. The molecule has 1 aliphatic rings. The van der Waals surface area contributed by atoms with Crippen molar-refractivity contribution in [2.75, 3.05) is 13.2 Å². The van der Waals surface area contributed by atoms with Crippen LogP contribution in [0.4, 0.5) is 0 Å². The molecule has 0 N–H and O–H groups in total. The number of benzene rings is 1. The third-order valence-electron chi connectivity index (χ3n) is 3.43. The minimum absolute atomic E-state index is 0.229. The molecule has 4 rings (SSSR count). The summed E-state index contributed by atoms with van der Waals surface area (Å²) in [6, 6.07) is 7.54. The Morgan fingerprint density at radius 3 is 3.14 bits per heavy atom. The normalized spacial score (nSPS) is 17.7. The first-order valence-electron chi connectivity index (χ1n) is 6.97. The molecule has 0 amide bonds. The molecule has 0 spiro atoms. The summed E-state index contributed by atoms with van der Waals surface area (Å²) in [6.45, 7) is 1.41. The van der Waals surface area contributed by atoms with Gasteiger partial charge in [-0.2, -0.15) is 4.98 Å². The van der Waals surface area contributed by atoms with Gasteiger partial charge in [0.2, 0.25) is 0 Å². The average Bonchev–Trinajstić information content (AvgIpc) is 3.29. The van der Waals surface area contributed by atoms with Crippen LogP contribution in [0.3, 0.4) is 0 Å². The molecular formula is C15H13N3O3S. The van der Waals surface area contributed by atoms with Crippen LogP contribution < -0.4 is 4.74 Å². The number of ether oxygens (including phenoxy) is 2. The third-order valence-corrected chi connectivity index (χ3v) is 4.08. The fraction of sp³-hybridized carbons (Fsp3) is 0.267. The van der Waals surface area contributed by atoms with Gasteiger partial charge in [-0.05, 0) is 24.6 Å². The first-order chi connectivity index (χ1) is 10.9. The van der Waals surface area contributed by atoms with Gasteiger partial charge in [0.25, 0.3) is 11.1 Å². The van der Waals surface area contributed by atoms with Gasteiger partial charge in [-0.1, -0.05) is 22.6 Å². The Morgan fingerprint density at radius 2 is 2.32 bits per heavy atom. The Labute approximate surface area is 130 Å². The van der Waals surface area contributed by atoms with Crippen LogP contribution in [0.5, 0.6) is 10.9 Å². The summed E-state index contributed by atoms with van der Waals surface area (Å²) >= 11 is 1.44. The highest BCUT2D eigenvalue weighted by Gasteiger charge is 2.23. The highest BCUT2D eigenvalue weighted by molar-refractivity contribution is 7.11. The van der Waals surface area contributed by atoms with Gasteiger partial charge >= 0.3 is 0 Å². The summed E-state index contributed by atoms with van der Waals surface area (Å²) in [5.41, 5.74) is 0.826. The Hall–Kier alpha value is -2.25. The lowest BCUT2D eigenvalue weighted by Gasteiger charge is -2.02. The SMILES string of the molecule is c1cc(Oc2nccs2)cc(-c2nc([C@H]3CCOC3)no2)c1. The van der Waals surface area contributed by atoms with Gasteiger partial charge < -0.3 is 14.0 Å². The summed E-state index contributed by atoms with van der Waals surface area (Å²) < 4.78 is 16.4. The number of hydrogen-bond acceptors (Lipinski definition) is 7. The predicted molar refractivity (Wildman–Crippen MR) is 80.1 cm³/mol. The average molecular weight is 315 g/mol. The summed E-state index contributed by atoms with van der Waals surface area (Å²) in [5.74, 6) is 2.12. The van der Waals surface area contributed by atoms with Crippen molar-refractivity contribution >= 4 is 11.3 Å². The van der Waals surface area contributed by atoms with E-state index in [0.717, 1.165) is 18.6 Å². The molecule has 0 unspecified atom stereocenters. The summed E-state index contributed by atoms with van der Waals surface area (Å²) in [7, 11) is 0. The summed E-state index contributed by atoms with van der Waals surface area (Å²) in [5, 5.41) is 6.53. The summed E-state index contributed by atoms with van der Waals surface area (Å²) in [4.78, 5) is 8.58. The molecule has 22 heavy (non-hydrogen) atoms. The number of nitrogens with zero attached hydrogens (tertiary/aromatic N) is 3. The van der Waals surface area contributed by atoms with Gasteiger partial charge in [-0.3, -0.25) is 0 Å². The van der Waals surface area contributed by atoms with E-state index in [9.17, 15) is 0 Å². The summed E-state index contributed by atoms with van der Waals surface area (Å²) in [6.07, 6.45) is 2.64. The Kier molecular flexibility index (Phi) is 3.57. The maximum Gasteiger partial charge on any atom is 0.278 e. The lowest BCUT2D eigenvalue weighted by molar-refractivity contribution is 0.192. The van der Waals surface area contributed by atoms with E-state index in [4.69, 9.17) is 14.0 Å². The van der Waals surface area contributed by atoms with Crippen LogP contribution in [-0.4, -0.2) is 28.3 Å². The largest absolute Gasteiger partial charge is 0.431 e. The second-order valence-corrected chi connectivity index (χ2v) is 5.80. The number of rotatable bonds is 4. The molecule has 0 radical (unpaired) electrons. The van der Waals surface area contributed by atoms with Crippen LogP contribution in [0.15, 0.2) is 40.4 Å². The van der Waals surface area contributed by atoms with E-state index in [-0.39, 0.29) is 5.92 Å². The van der Waals surface area contributed by atoms with Crippen LogP contribution >= 0.6 is 11.3 Å². The molecule has 0 bridgehead atoms. The van der Waals surface area contributed by atoms with E-state index in [1.807, 2.05) is 29.6 Å². The molecule has 112 valence electrons. The minimum Gasteiger partial charge on any atom is -0.431 e. The van der Waals surface area contributed by atoms with Gasteiger partial charge in [0.05, 0.1) is 6.61 Å². The zero-order valence-electron chi connectivity index (χ0n) is 11.6. The number of aromatic nitrogens is 3. The Balaban J connectivity index is 1.57. The molecule has 1 aliphatic heterocycles. The Morgan fingerprint density at radius 1 is 1.32 bits per heavy atom. The van der Waals surface area contributed by atoms with Crippen molar-refractivity contribution < 1.29 is 14.0 Å². The zero-order chi connectivity index (χ0) is 14.8. The van der Waals surface area contributed by atoms with Crippen molar-refractivity contribution in [3.8, 4) is 22.4 Å². The standard InChI is InChI=1S/C15H13N3O3S/c1-2-10(8-12(3-1)20-15-16-5-7-22-15)14-17-13(18-21-14)11-4-6-19-9-11/h1-3,5,7-8,11H,4,6,9H2/t11-/m0/s1. The lowest BCUT2D eigenvalue weighted by Crippen LogP contribution is -1.99. The molecule has 0 aliphatic carbocycles. The van der Waals surface area contributed by atoms with Crippen LogP contribution in [0.25, 0.3) is 11.5 Å². The van der Waals surface area contributed by atoms with Gasteiger partial charge in [-0.25, -0.2) is 4.98 Å². The molecule has 1 aromatic carbocycles. The van der Waals surface area contributed by atoms with Crippen LogP contribution in [0, 0.1) is 0 Å². The molecule has 7 heteroatoms. The van der Waals surface area contributed by atoms with E-state index >= 15 is 0 Å². The maximum absolute atomic E-state index is 5.68. The lowest BCUT2D eigenvalue weighted by atomic mass is 10.1. The van der Waals surface area contributed by atoms with Crippen LogP contribution in [0.2, 0.25) is 0 Å². The molecule has 1 fully saturated rings. The second kappa shape index (κ2) is 5.86. The number of thiazole rings is 1. The molecule has 3 aromatic rings. The van der Waals surface area contributed by atoms with Crippen molar-refractivity contribution in [3.63, 3.8) is 0 Å². The Bertz CT molecular complexity index is 751. The van der Waals surface area contributed by atoms with E-state index in [0.29, 0.717) is 29.3 Å². The minimum atomic E-state index is 0.229. The number of hydrogen-bond donors (Lipinski definition) is 0. The smallest absolute Gasteiger partial charge is 0.278 e. The zero-order valence-corrected chi connectivity index (χ0v) is 12.5. The van der Waals surface area contributed by atoms with Crippen molar-refractivity contribution in [1.82, 2.24) is 15.1 Å². The molecular weight excluding hydrogens is 302 g/mol. The fourth-order valence-electron chi connectivity index (χ4n) is 2.31. The molecule has 2 aromatic heterocycles. The highest BCUT2D eigenvalue weighted by Crippen LogP contribution is 2.29. The topological polar surface area (TPSA) is 70.3 Å². The van der Waals surface area contributed by atoms with Gasteiger partial charge in [-0.15, -0.1) is 0 Å². The molecule has 0 saturated carbocycles. The highest BCUT2D eigenvalue weighted by atomic mass is 32.1. The van der Waals surface area contributed by atoms with Crippen LogP contribution in [-0.2, 0) is 4.74 Å². The van der Waals surface area contributed by atoms with Crippen molar-refractivity contribution in [3.05, 3.63) is 41.7 Å². The maximum atomic E-state index is 5.68. The van der Waals surface area contributed by atoms with Crippen molar-refractivity contribution in [2.24, 2.45) is 0 Å². The monoisotopic (exact) mass is 315 g/mol. The van der Waals surface area contributed by atoms with E-state index < -0.39 is 0 Å². The van der Waals surface area contributed by atoms with Crippen LogP contribution in [0.1, 0.15) is 18.2 Å². The van der Waals surface area contributed by atoms with Gasteiger partial charge in [0.1, 0.15) is 5.75 Å². The predicted octanol–water partition coefficient (Wildman–Crippen LogP) is 3.49. The van der Waals surface area contributed by atoms with Gasteiger partial charge in [0, 0.05) is 29.7 Å². The van der Waals surface area contributed by atoms with Crippen molar-refractivity contribution in [2.45, 2.75) is 12.3 Å². The molecule has 1 saturated heterocycles. The third kappa shape index (κ3) is 2.72. The second-order valence-electron chi connectivity index (χ2n) is 4.95. The first-order valence-corrected chi connectivity index (χ1v) is 7.85. The molecule has 1 atom stereocenters. The van der Waals surface area contributed by atoms with Gasteiger partial charge in [0.15, 0.2) is 5.82 Å². The van der Waals surface area contributed by atoms with E-state index in [2.05, 4.69) is 15.1 Å². The van der Waals surface area contributed by atoms with Crippen molar-refractivity contribution in [1.29, 1.82) is 0 Å². The fourth-order valence-corrected chi connectivity index (χ4v) is 2.81. The first kappa shape index (κ1) is 13.4.